The highest BCUT2D eigenvalue weighted by atomic mass is 31.2. The van der Waals surface area contributed by atoms with Crippen LogP contribution in [-0.2, 0) is 18.3 Å². The molecular weight excluding hydrogens is 740 g/mol. The summed E-state index contributed by atoms with van der Waals surface area (Å²) < 4.78 is 54.4. The number of hydrogen-bond acceptors (Lipinski definition) is 11. The fourth-order valence-corrected chi connectivity index (χ4v) is 12.6. The summed E-state index contributed by atoms with van der Waals surface area (Å²) in [5, 5.41) is 0.830. The lowest BCUT2D eigenvalue weighted by atomic mass is 10.4. The number of rotatable bonds is 12. The molecule has 1 aliphatic rings. The van der Waals surface area contributed by atoms with E-state index in [1.165, 1.54) is 36.4 Å². The summed E-state index contributed by atoms with van der Waals surface area (Å²) in [6.07, 6.45) is -1.17. The molecule has 52 heavy (non-hydrogen) atoms. The van der Waals surface area contributed by atoms with Gasteiger partial charge in [0.1, 0.15) is 0 Å². The average Bonchev–Trinajstić information content (AvgIpc) is 3.14. The first kappa shape index (κ1) is 40.7. The van der Waals surface area contributed by atoms with Crippen LogP contribution in [0.5, 0.6) is 0 Å². The highest BCUT2D eigenvalue weighted by molar-refractivity contribution is 7.66. The summed E-state index contributed by atoms with van der Waals surface area (Å²) in [5.74, 6) is 0. The second-order valence-electron chi connectivity index (χ2n) is 13.1. The molecule has 1 heterocycles. The third kappa shape index (κ3) is 11.7. The molecule has 1 saturated heterocycles. The van der Waals surface area contributed by atoms with Gasteiger partial charge >= 0.3 is 0 Å². The summed E-state index contributed by atoms with van der Waals surface area (Å²) >= 11 is 0. The molecule has 0 aromatic heterocycles. The van der Waals surface area contributed by atoms with Crippen LogP contribution >= 0.6 is 29.5 Å². The summed E-state index contributed by atoms with van der Waals surface area (Å²) in [5.41, 5.74) is 0. The van der Waals surface area contributed by atoms with Crippen LogP contribution in [0.3, 0.4) is 0 Å². The molecule has 4 aromatic carbocycles. The van der Waals surface area contributed by atoms with Gasteiger partial charge in [0.25, 0.3) is 0 Å². The van der Waals surface area contributed by atoms with Crippen molar-refractivity contribution in [3.63, 3.8) is 0 Å². The largest absolute Gasteiger partial charge is 0.795 e. The maximum atomic E-state index is 13.7. The Morgan fingerprint density at radius 3 is 0.846 bits per heavy atom. The van der Waals surface area contributed by atoms with Crippen molar-refractivity contribution in [3.8, 4) is 0 Å². The lowest BCUT2D eigenvalue weighted by molar-refractivity contribution is -0.175. The average molecular weight is 786 g/mol. The second-order valence-corrected chi connectivity index (χ2v) is 21.7. The van der Waals surface area contributed by atoms with Crippen molar-refractivity contribution in [2.24, 2.45) is 0 Å². The van der Waals surface area contributed by atoms with Gasteiger partial charge in [0.05, 0.1) is 28.4 Å². The van der Waals surface area contributed by atoms with Gasteiger partial charge in [0, 0.05) is 76.5 Å². The Morgan fingerprint density at radius 2 is 0.596 bits per heavy atom. The molecule has 16 heteroatoms. The van der Waals surface area contributed by atoms with Crippen molar-refractivity contribution < 1.29 is 37.8 Å². The van der Waals surface area contributed by atoms with E-state index in [0.717, 1.165) is 0 Å². The Hall–Kier alpha value is -2.52. The van der Waals surface area contributed by atoms with Gasteiger partial charge in [-0.1, -0.05) is 109 Å². The first-order chi connectivity index (χ1) is 24.7. The van der Waals surface area contributed by atoms with Crippen LogP contribution in [-0.4, -0.2) is 102 Å². The number of benzene rings is 4. The van der Waals surface area contributed by atoms with Crippen molar-refractivity contribution in [2.45, 2.75) is 0 Å². The highest BCUT2D eigenvalue weighted by Crippen LogP contribution is 2.41. The summed E-state index contributed by atoms with van der Waals surface area (Å²) in [6, 6.07) is 32.7. The van der Waals surface area contributed by atoms with E-state index in [1.807, 2.05) is 0 Å². The molecule has 5 rings (SSSR count). The molecule has 1 fully saturated rings. The minimum Gasteiger partial charge on any atom is -0.795 e. The Bertz CT molecular complexity index is 1620. The predicted molar refractivity (Wildman–Crippen MR) is 203 cm³/mol. The van der Waals surface area contributed by atoms with Crippen molar-refractivity contribution in [1.82, 2.24) is 19.6 Å². The van der Waals surface area contributed by atoms with Gasteiger partial charge in [0.2, 0.25) is 7.37 Å². The standard InChI is InChI=1S/C36H48N4O8P4/c41-49(42,33-13-5-1-6-14-33)29-37-21-23-38(30-50(43,44)34-15-7-2-8-16-34)25-27-40(32-52(47,48)36-19-11-4-12-20-36)28-26-39(24-22-37)31-51(45,46)35-17-9-3-10-18-35/h1-20H,21-32H2,(H,41,42)(H,43,44)(H,45,46)(H,47,48)/p-3. The van der Waals surface area contributed by atoms with E-state index in [2.05, 4.69) is 0 Å². The van der Waals surface area contributed by atoms with Crippen LogP contribution in [0.15, 0.2) is 121 Å². The van der Waals surface area contributed by atoms with Crippen molar-refractivity contribution in [1.29, 1.82) is 0 Å². The van der Waals surface area contributed by atoms with Gasteiger partial charge in [-0.25, -0.2) is 0 Å². The second kappa shape index (κ2) is 18.2. The maximum absolute atomic E-state index is 13.7. The van der Waals surface area contributed by atoms with Crippen molar-refractivity contribution >= 4 is 50.7 Å². The van der Waals surface area contributed by atoms with Crippen LogP contribution in [0.4, 0.5) is 0 Å². The van der Waals surface area contributed by atoms with Gasteiger partial charge in [-0.3, -0.25) is 24.2 Å². The molecule has 1 N–H and O–H groups in total. The highest BCUT2D eigenvalue weighted by Gasteiger charge is 2.28. The zero-order valence-corrected chi connectivity index (χ0v) is 32.5. The molecule has 0 aliphatic carbocycles. The first-order valence-electron chi connectivity index (χ1n) is 17.1. The topological polar surface area (TPSA) is 171 Å². The third-order valence-electron chi connectivity index (χ3n) is 9.09. The van der Waals surface area contributed by atoms with E-state index in [1.54, 1.807) is 105 Å². The molecule has 0 amide bonds. The lowest BCUT2D eigenvalue weighted by Gasteiger charge is -2.39. The van der Waals surface area contributed by atoms with Gasteiger partial charge < -0.3 is 33.3 Å². The lowest BCUT2D eigenvalue weighted by Crippen LogP contribution is -2.48. The molecule has 4 aromatic rings. The maximum Gasteiger partial charge on any atom is 0.243 e. The van der Waals surface area contributed by atoms with Crippen LogP contribution in [0.1, 0.15) is 0 Å². The zero-order chi connectivity index (χ0) is 37.2. The molecule has 0 radical (unpaired) electrons. The van der Waals surface area contributed by atoms with Gasteiger partial charge in [-0.2, -0.15) is 0 Å². The summed E-state index contributed by atoms with van der Waals surface area (Å²) in [6.45, 7) is 1.52. The number of nitrogens with zero attached hydrogens (tertiary/aromatic N) is 4. The Kier molecular flexibility index (Phi) is 14.2. The molecule has 280 valence electrons. The molecule has 0 spiro atoms. The van der Waals surface area contributed by atoms with Crippen LogP contribution in [0.25, 0.3) is 0 Å². The minimum absolute atomic E-state index is 0.178. The van der Waals surface area contributed by atoms with Crippen LogP contribution in [0, 0.1) is 0 Å². The van der Waals surface area contributed by atoms with Crippen LogP contribution in [0.2, 0.25) is 0 Å². The van der Waals surface area contributed by atoms with Crippen molar-refractivity contribution in [3.05, 3.63) is 121 Å². The summed E-state index contributed by atoms with van der Waals surface area (Å²) in [7, 11) is -16.3. The molecule has 1 aliphatic heterocycles. The molecular formula is C36H45N4O8P4-3. The Balaban J connectivity index is 1.44. The van der Waals surface area contributed by atoms with Gasteiger partial charge in [-0.05, 0) is 28.0 Å². The quantitative estimate of drug-likeness (QED) is 0.206. The van der Waals surface area contributed by atoms with E-state index in [-0.39, 0.29) is 98.7 Å². The Morgan fingerprint density at radius 1 is 0.385 bits per heavy atom. The monoisotopic (exact) mass is 785 g/mol. The van der Waals surface area contributed by atoms with E-state index < -0.39 is 29.5 Å². The first-order valence-corrected chi connectivity index (χ1v) is 24.3. The van der Waals surface area contributed by atoms with Gasteiger partial charge in [-0.15, -0.1) is 0 Å². The molecule has 4 atom stereocenters. The SMILES string of the molecule is O=P([O-])(CN1CCN(CP(=O)([O-])c2ccccc2)CCN(CP(=O)(O)c2ccccc2)CCN(CP(=O)([O-])c2ccccc2)CC1)c1ccccc1. The fraction of sp³-hybridized carbons (Fsp3) is 0.333. The van der Waals surface area contributed by atoms with E-state index >= 15 is 0 Å². The fourth-order valence-electron chi connectivity index (χ4n) is 6.16. The van der Waals surface area contributed by atoms with E-state index in [0.29, 0.717) is 0 Å². The number of hydrogen-bond donors (Lipinski definition) is 1. The van der Waals surface area contributed by atoms with E-state index in [9.17, 15) is 37.8 Å². The molecule has 0 bridgehead atoms. The molecule has 0 saturated carbocycles. The predicted octanol–water partition coefficient (Wildman–Crippen LogP) is 1.53. The third-order valence-corrected chi connectivity index (χ3v) is 16.5. The normalized spacial score (nSPS) is 21.0. The smallest absolute Gasteiger partial charge is 0.243 e. The van der Waals surface area contributed by atoms with Gasteiger partial charge in [0.15, 0.2) is 0 Å². The van der Waals surface area contributed by atoms with E-state index in [4.69, 9.17) is 0 Å². The minimum atomic E-state index is -4.13. The zero-order valence-electron chi connectivity index (χ0n) is 28.9. The Labute approximate surface area is 306 Å². The molecule has 12 nitrogen and oxygen atoms in total. The summed E-state index contributed by atoms with van der Waals surface area (Å²) in [4.78, 5) is 58.9. The van der Waals surface area contributed by atoms with Crippen molar-refractivity contribution in [2.75, 3.05) is 77.5 Å². The molecule has 4 unspecified atom stereocenters. The van der Waals surface area contributed by atoms with Crippen LogP contribution < -0.4 is 35.9 Å².